The van der Waals surface area contributed by atoms with Gasteiger partial charge in [-0.05, 0) is 18.2 Å². The Morgan fingerprint density at radius 3 is 2.34 bits per heavy atom. The predicted molar refractivity (Wildman–Crippen MR) is 98.9 cm³/mol. The molecule has 0 saturated carbocycles. The highest BCUT2D eigenvalue weighted by atomic mass is 35.5. The average molecular weight is 457 g/mol. The molecule has 1 aliphatic heterocycles. The van der Waals surface area contributed by atoms with E-state index in [1.807, 2.05) is 4.90 Å². The van der Waals surface area contributed by atoms with Gasteiger partial charge in [-0.15, -0.1) is 0 Å². The van der Waals surface area contributed by atoms with Crippen LogP contribution in [0.5, 0.6) is 0 Å². The van der Waals surface area contributed by atoms with E-state index < -0.39 is 38.6 Å². The second-order valence-corrected chi connectivity index (χ2v) is 8.58. The smallest absolute Gasteiger partial charge is 0.341 e. The van der Waals surface area contributed by atoms with E-state index in [1.165, 1.54) is 7.05 Å². The highest BCUT2D eigenvalue weighted by Gasteiger charge is 2.35. The van der Waals surface area contributed by atoms with Gasteiger partial charge in [-0.2, -0.15) is 17.5 Å². The van der Waals surface area contributed by atoms with E-state index >= 15 is 0 Å². The maximum Gasteiger partial charge on any atom is 0.416 e. The number of alkyl halides is 3. The molecule has 1 heterocycles. The minimum absolute atomic E-state index is 0.0337. The van der Waals surface area contributed by atoms with Crippen molar-refractivity contribution in [3.63, 3.8) is 0 Å². The summed E-state index contributed by atoms with van der Waals surface area (Å²) in [6.45, 7) is 0.936. The number of rotatable bonds is 5. The first kappa shape index (κ1) is 23.4. The van der Waals surface area contributed by atoms with Crippen LogP contribution in [0.15, 0.2) is 23.1 Å². The summed E-state index contributed by atoms with van der Waals surface area (Å²) in [6.07, 6.45) is -4.65. The zero-order valence-electron chi connectivity index (χ0n) is 15.4. The Kier molecular flexibility index (Phi) is 7.49. The summed E-state index contributed by atoms with van der Waals surface area (Å²) in [4.78, 5) is 23.9. The molecule has 8 nitrogen and oxygen atoms in total. The first-order valence-electron chi connectivity index (χ1n) is 8.56. The summed E-state index contributed by atoms with van der Waals surface area (Å²) >= 11 is 5.86. The number of carbonyl (C=O) groups is 2. The van der Waals surface area contributed by atoms with Crippen LogP contribution in [0.3, 0.4) is 0 Å². The van der Waals surface area contributed by atoms with E-state index in [0.717, 1.165) is 16.4 Å². The number of nitrogens with one attached hydrogen (secondary N) is 2. The van der Waals surface area contributed by atoms with Crippen LogP contribution in [0.25, 0.3) is 0 Å². The molecule has 0 aliphatic carbocycles. The van der Waals surface area contributed by atoms with Crippen molar-refractivity contribution in [1.29, 1.82) is 0 Å². The van der Waals surface area contributed by atoms with Gasteiger partial charge in [-0.1, -0.05) is 11.6 Å². The molecule has 29 heavy (non-hydrogen) atoms. The minimum Gasteiger partial charge on any atom is -0.341 e. The van der Waals surface area contributed by atoms with Gasteiger partial charge in [0, 0.05) is 46.2 Å². The molecule has 13 heteroatoms. The van der Waals surface area contributed by atoms with E-state index in [4.69, 9.17) is 11.6 Å². The SMILES string of the molecule is CNC(=O)NC(=O)CCN1CCN(S(=O)(=O)c2cc(C(F)(F)F)ccc2Cl)CC1. The van der Waals surface area contributed by atoms with Crippen molar-refractivity contribution >= 4 is 33.6 Å². The highest BCUT2D eigenvalue weighted by molar-refractivity contribution is 7.89. The molecule has 0 spiro atoms. The van der Waals surface area contributed by atoms with Crippen molar-refractivity contribution in [2.75, 3.05) is 39.8 Å². The quantitative estimate of drug-likeness (QED) is 0.700. The fraction of sp³-hybridized carbons (Fsp3) is 0.500. The molecule has 1 saturated heterocycles. The molecule has 2 N–H and O–H groups in total. The van der Waals surface area contributed by atoms with Crippen molar-refractivity contribution in [2.24, 2.45) is 0 Å². The lowest BCUT2D eigenvalue weighted by molar-refractivity contribution is -0.137. The van der Waals surface area contributed by atoms with Gasteiger partial charge in [0.15, 0.2) is 0 Å². The number of urea groups is 1. The zero-order valence-corrected chi connectivity index (χ0v) is 17.0. The van der Waals surface area contributed by atoms with E-state index in [1.54, 1.807) is 0 Å². The molecule has 1 aromatic carbocycles. The van der Waals surface area contributed by atoms with Crippen LogP contribution in [-0.4, -0.2) is 69.3 Å². The summed E-state index contributed by atoms with van der Waals surface area (Å²) in [6, 6.07) is 1.55. The van der Waals surface area contributed by atoms with Crippen LogP contribution in [-0.2, 0) is 21.0 Å². The lowest BCUT2D eigenvalue weighted by atomic mass is 10.2. The molecule has 1 fully saturated rings. The average Bonchev–Trinajstić information content (AvgIpc) is 2.65. The number of nitrogens with zero attached hydrogens (tertiary/aromatic N) is 2. The molecule has 2 rings (SSSR count). The first-order valence-corrected chi connectivity index (χ1v) is 10.4. The van der Waals surface area contributed by atoms with Crippen LogP contribution in [0, 0.1) is 0 Å². The van der Waals surface area contributed by atoms with E-state index in [0.29, 0.717) is 12.6 Å². The summed E-state index contributed by atoms with van der Waals surface area (Å²) in [5, 5.41) is 4.08. The van der Waals surface area contributed by atoms with Gasteiger partial charge < -0.3 is 10.2 Å². The summed E-state index contributed by atoms with van der Waals surface area (Å²) < 4.78 is 65.3. The number of piperazine rings is 1. The number of hydrogen-bond donors (Lipinski definition) is 2. The van der Waals surface area contributed by atoms with Crippen LogP contribution in [0.1, 0.15) is 12.0 Å². The summed E-state index contributed by atoms with van der Waals surface area (Å²) in [5.74, 6) is -0.477. The van der Waals surface area contributed by atoms with Crippen LogP contribution >= 0.6 is 11.6 Å². The maximum absolute atomic E-state index is 12.9. The van der Waals surface area contributed by atoms with E-state index in [-0.39, 0.29) is 37.6 Å². The predicted octanol–water partition coefficient (Wildman–Crippen LogP) is 1.51. The Morgan fingerprint density at radius 2 is 1.79 bits per heavy atom. The van der Waals surface area contributed by atoms with Crippen molar-refractivity contribution in [1.82, 2.24) is 19.8 Å². The van der Waals surface area contributed by atoms with Gasteiger partial charge in [0.1, 0.15) is 4.90 Å². The number of sulfonamides is 1. The number of halogens is 4. The molecule has 1 aliphatic rings. The van der Waals surface area contributed by atoms with Crippen LogP contribution in [0.2, 0.25) is 5.02 Å². The first-order chi connectivity index (χ1) is 13.4. The van der Waals surface area contributed by atoms with Gasteiger partial charge in [0.25, 0.3) is 0 Å². The van der Waals surface area contributed by atoms with Crippen molar-refractivity contribution < 1.29 is 31.2 Å². The number of benzene rings is 1. The lowest BCUT2D eigenvalue weighted by Crippen LogP contribution is -2.49. The fourth-order valence-corrected chi connectivity index (χ4v) is 4.64. The second kappa shape index (κ2) is 9.28. The zero-order chi connectivity index (χ0) is 21.8. The largest absolute Gasteiger partial charge is 0.416 e. The van der Waals surface area contributed by atoms with Gasteiger partial charge in [-0.25, -0.2) is 13.2 Å². The number of imide groups is 1. The lowest BCUT2D eigenvalue weighted by Gasteiger charge is -2.34. The van der Waals surface area contributed by atoms with Crippen molar-refractivity contribution in [2.45, 2.75) is 17.5 Å². The van der Waals surface area contributed by atoms with E-state index in [2.05, 4.69) is 10.6 Å². The highest BCUT2D eigenvalue weighted by Crippen LogP contribution is 2.34. The Balaban J connectivity index is 2.00. The van der Waals surface area contributed by atoms with Gasteiger partial charge in [0.2, 0.25) is 15.9 Å². The Bertz CT molecular complexity index is 871. The van der Waals surface area contributed by atoms with Gasteiger partial charge in [0.05, 0.1) is 10.6 Å². The Morgan fingerprint density at radius 1 is 1.17 bits per heavy atom. The topological polar surface area (TPSA) is 98.8 Å². The molecule has 162 valence electrons. The normalized spacial score (nSPS) is 16.4. The monoisotopic (exact) mass is 456 g/mol. The molecule has 0 radical (unpaired) electrons. The van der Waals surface area contributed by atoms with Gasteiger partial charge >= 0.3 is 12.2 Å². The van der Waals surface area contributed by atoms with Gasteiger partial charge in [-0.3, -0.25) is 10.1 Å². The fourth-order valence-electron chi connectivity index (χ4n) is 2.72. The standard InChI is InChI=1S/C16H20ClF3N4O4S/c1-21-15(26)22-14(25)4-5-23-6-8-24(9-7-23)29(27,28)13-10-11(16(18,19)20)2-3-12(13)17/h2-3,10H,4-9H2,1H3,(H2,21,22,25,26). The molecule has 0 atom stereocenters. The number of amides is 3. The van der Waals surface area contributed by atoms with Crippen molar-refractivity contribution in [3.05, 3.63) is 28.8 Å². The Labute approximate surface area is 171 Å². The maximum atomic E-state index is 12.9. The number of hydrogen-bond acceptors (Lipinski definition) is 5. The third-order valence-corrected chi connectivity index (χ3v) is 6.72. The summed E-state index contributed by atoms with van der Waals surface area (Å²) in [5.41, 5.74) is -1.10. The number of carbonyl (C=O) groups excluding carboxylic acids is 2. The molecular formula is C16H20ClF3N4O4S. The van der Waals surface area contributed by atoms with Crippen molar-refractivity contribution in [3.8, 4) is 0 Å². The molecular weight excluding hydrogens is 437 g/mol. The third kappa shape index (κ3) is 6.04. The minimum atomic E-state index is -4.69. The van der Waals surface area contributed by atoms with Crippen LogP contribution in [0.4, 0.5) is 18.0 Å². The van der Waals surface area contributed by atoms with E-state index in [9.17, 15) is 31.2 Å². The third-order valence-electron chi connectivity index (χ3n) is 4.34. The molecule has 3 amide bonds. The molecule has 1 aromatic rings. The van der Waals surface area contributed by atoms with Crippen LogP contribution < -0.4 is 10.6 Å². The molecule has 0 aromatic heterocycles. The second-order valence-electron chi connectivity index (χ2n) is 6.27. The molecule has 0 unspecified atom stereocenters. The Hall–Kier alpha value is -1.89. The molecule has 0 bridgehead atoms. The summed E-state index contributed by atoms with van der Waals surface area (Å²) in [7, 11) is -2.83.